The number of ether oxygens (including phenoxy) is 1. The number of alkyl halides is 3. The van der Waals surface area contributed by atoms with Gasteiger partial charge in [-0.15, -0.1) is 0 Å². The number of aromatic nitrogens is 6. The average molecular weight is 463 g/mol. The van der Waals surface area contributed by atoms with Gasteiger partial charge in [-0.2, -0.15) is 13.2 Å². The van der Waals surface area contributed by atoms with Crippen LogP contribution in [0.5, 0.6) is 0 Å². The van der Waals surface area contributed by atoms with Gasteiger partial charge in [0.25, 0.3) is 0 Å². The number of fused-ring (bicyclic) bond motifs is 1. The van der Waals surface area contributed by atoms with E-state index in [0.717, 1.165) is 4.57 Å². The minimum atomic E-state index is -4.44. The monoisotopic (exact) mass is 463 g/mol. The third kappa shape index (κ3) is 4.55. The van der Waals surface area contributed by atoms with Gasteiger partial charge in [0, 0.05) is 51.2 Å². The van der Waals surface area contributed by atoms with Crippen molar-refractivity contribution >= 4 is 22.9 Å². The van der Waals surface area contributed by atoms with E-state index < -0.39 is 12.7 Å². The topological polar surface area (TPSA) is 97.1 Å². The minimum Gasteiger partial charge on any atom is -0.378 e. The van der Waals surface area contributed by atoms with E-state index in [0.29, 0.717) is 62.8 Å². The second-order valence-electron chi connectivity index (χ2n) is 8.18. The maximum absolute atomic E-state index is 13.7. The summed E-state index contributed by atoms with van der Waals surface area (Å²) in [6.07, 6.45) is 0.0197. The Morgan fingerprint density at radius 3 is 2.52 bits per heavy atom. The summed E-state index contributed by atoms with van der Waals surface area (Å²) in [4.78, 5) is 25.8. The number of anilines is 2. The molecule has 0 radical (unpaired) electrons. The standard InChI is InChI=1S/C20H24F3N9O/c1-13-10-31(3-2-26-13)19-27-15-17(30-4-6-33-7-5-30)28-16(14-8-24-12-25-9-14)29-18(15)32(19)11-20(21,22)23/h8-9,12-13,26H,2-7,10-11H2,1H3/t13-/m1/s1. The van der Waals surface area contributed by atoms with Crippen LogP contribution in [0.2, 0.25) is 0 Å². The first-order valence-electron chi connectivity index (χ1n) is 10.8. The molecule has 1 N–H and O–H groups in total. The second-order valence-corrected chi connectivity index (χ2v) is 8.18. The smallest absolute Gasteiger partial charge is 0.378 e. The molecule has 0 unspecified atom stereocenters. The van der Waals surface area contributed by atoms with Crippen LogP contribution in [0.4, 0.5) is 24.9 Å². The molecule has 2 saturated heterocycles. The number of halogens is 3. The van der Waals surface area contributed by atoms with Gasteiger partial charge in [-0.25, -0.2) is 24.9 Å². The fourth-order valence-electron chi connectivity index (χ4n) is 4.19. The lowest BCUT2D eigenvalue weighted by Crippen LogP contribution is -2.50. The Kier molecular flexibility index (Phi) is 5.74. The number of piperazine rings is 1. The van der Waals surface area contributed by atoms with Gasteiger partial charge in [0.2, 0.25) is 5.95 Å². The molecule has 0 aliphatic carbocycles. The van der Waals surface area contributed by atoms with E-state index in [2.05, 4.69) is 25.3 Å². The van der Waals surface area contributed by atoms with Crippen LogP contribution in [-0.4, -0.2) is 87.6 Å². The predicted octanol–water partition coefficient (Wildman–Crippen LogP) is 1.48. The van der Waals surface area contributed by atoms with Gasteiger partial charge in [0.15, 0.2) is 22.8 Å². The van der Waals surface area contributed by atoms with E-state index in [1.165, 1.54) is 6.33 Å². The van der Waals surface area contributed by atoms with E-state index in [-0.39, 0.29) is 23.5 Å². The number of nitrogens with zero attached hydrogens (tertiary/aromatic N) is 8. The lowest BCUT2D eigenvalue weighted by molar-refractivity contribution is -0.139. The Balaban J connectivity index is 1.72. The molecule has 0 spiro atoms. The van der Waals surface area contributed by atoms with Crippen molar-refractivity contribution in [3.63, 3.8) is 0 Å². The molecule has 2 fully saturated rings. The molecular weight excluding hydrogens is 439 g/mol. The number of imidazole rings is 1. The number of hydrogen-bond acceptors (Lipinski definition) is 9. The quantitative estimate of drug-likeness (QED) is 0.617. The SMILES string of the molecule is C[C@@H]1CN(c2nc3c(N4CCOCC4)nc(-c4cncnc4)nc3n2CC(F)(F)F)CCN1. The normalized spacial score (nSPS) is 19.9. The Morgan fingerprint density at radius 2 is 1.82 bits per heavy atom. The number of rotatable bonds is 4. The van der Waals surface area contributed by atoms with Crippen molar-refractivity contribution in [1.82, 2.24) is 34.8 Å². The molecule has 5 heterocycles. The minimum absolute atomic E-state index is 0.125. The second kappa shape index (κ2) is 8.71. The summed E-state index contributed by atoms with van der Waals surface area (Å²) < 4.78 is 47.7. The molecule has 0 bridgehead atoms. The van der Waals surface area contributed by atoms with E-state index in [1.807, 2.05) is 16.7 Å². The van der Waals surface area contributed by atoms with Crippen molar-refractivity contribution in [3.8, 4) is 11.4 Å². The molecule has 2 aliphatic heterocycles. The predicted molar refractivity (Wildman–Crippen MR) is 115 cm³/mol. The Bertz CT molecular complexity index is 1120. The summed E-state index contributed by atoms with van der Waals surface area (Å²) >= 11 is 0. The third-order valence-corrected chi connectivity index (χ3v) is 5.67. The zero-order valence-corrected chi connectivity index (χ0v) is 18.1. The van der Waals surface area contributed by atoms with Crippen LogP contribution >= 0.6 is 0 Å². The van der Waals surface area contributed by atoms with Crippen molar-refractivity contribution in [2.75, 3.05) is 55.7 Å². The maximum Gasteiger partial charge on any atom is 0.406 e. The Hall–Kier alpha value is -3.06. The first-order valence-corrected chi connectivity index (χ1v) is 10.8. The molecule has 1 atom stereocenters. The molecule has 0 amide bonds. The van der Waals surface area contributed by atoms with Gasteiger partial charge in [-0.1, -0.05) is 0 Å². The summed E-state index contributed by atoms with van der Waals surface area (Å²) in [5.41, 5.74) is 1.01. The lowest BCUT2D eigenvalue weighted by Gasteiger charge is -2.33. The third-order valence-electron chi connectivity index (χ3n) is 5.67. The van der Waals surface area contributed by atoms with Crippen molar-refractivity contribution in [2.24, 2.45) is 0 Å². The van der Waals surface area contributed by atoms with Gasteiger partial charge in [-0.05, 0) is 6.92 Å². The van der Waals surface area contributed by atoms with Crippen LogP contribution in [0.15, 0.2) is 18.7 Å². The van der Waals surface area contributed by atoms with Crippen molar-refractivity contribution in [3.05, 3.63) is 18.7 Å². The van der Waals surface area contributed by atoms with Crippen molar-refractivity contribution in [2.45, 2.75) is 25.7 Å². The fraction of sp³-hybridized carbons (Fsp3) is 0.550. The molecule has 2 aliphatic rings. The van der Waals surface area contributed by atoms with E-state index >= 15 is 0 Å². The zero-order chi connectivity index (χ0) is 23.0. The van der Waals surface area contributed by atoms with E-state index in [9.17, 15) is 13.2 Å². The van der Waals surface area contributed by atoms with Crippen LogP contribution in [-0.2, 0) is 11.3 Å². The lowest BCUT2D eigenvalue weighted by atomic mass is 10.2. The molecular formula is C20H24F3N9O. The zero-order valence-electron chi connectivity index (χ0n) is 18.1. The Morgan fingerprint density at radius 1 is 1.06 bits per heavy atom. The van der Waals surface area contributed by atoms with Crippen LogP contribution in [0.3, 0.4) is 0 Å². The largest absolute Gasteiger partial charge is 0.406 e. The highest BCUT2D eigenvalue weighted by Crippen LogP contribution is 2.33. The Labute approximate surface area is 187 Å². The molecule has 0 aromatic carbocycles. The van der Waals surface area contributed by atoms with Crippen LogP contribution in [0.25, 0.3) is 22.6 Å². The highest BCUT2D eigenvalue weighted by atomic mass is 19.4. The molecule has 3 aromatic rings. The van der Waals surface area contributed by atoms with Crippen LogP contribution in [0, 0.1) is 0 Å². The summed E-state index contributed by atoms with van der Waals surface area (Å²) in [5, 5.41) is 3.31. The van der Waals surface area contributed by atoms with Gasteiger partial charge < -0.3 is 19.9 Å². The van der Waals surface area contributed by atoms with Gasteiger partial charge >= 0.3 is 6.18 Å². The molecule has 10 nitrogen and oxygen atoms in total. The van der Waals surface area contributed by atoms with Crippen molar-refractivity contribution in [1.29, 1.82) is 0 Å². The van der Waals surface area contributed by atoms with Crippen molar-refractivity contribution < 1.29 is 17.9 Å². The van der Waals surface area contributed by atoms with Gasteiger partial charge in [0.1, 0.15) is 12.9 Å². The van der Waals surface area contributed by atoms with Gasteiger partial charge in [-0.3, -0.25) is 4.57 Å². The molecule has 5 rings (SSSR count). The molecule has 33 heavy (non-hydrogen) atoms. The summed E-state index contributed by atoms with van der Waals surface area (Å²) in [6.45, 7) is 4.67. The molecule has 176 valence electrons. The maximum atomic E-state index is 13.7. The average Bonchev–Trinajstić information content (AvgIpc) is 3.16. The van der Waals surface area contributed by atoms with E-state index in [1.54, 1.807) is 12.4 Å². The number of nitrogens with one attached hydrogen (secondary N) is 1. The molecule has 0 saturated carbocycles. The highest BCUT2D eigenvalue weighted by Gasteiger charge is 2.34. The summed E-state index contributed by atoms with van der Waals surface area (Å²) in [7, 11) is 0. The van der Waals surface area contributed by atoms with Gasteiger partial charge in [0.05, 0.1) is 18.8 Å². The fourth-order valence-corrected chi connectivity index (χ4v) is 4.19. The first kappa shape index (κ1) is 21.8. The molecule has 13 heteroatoms. The summed E-state index contributed by atoms with van der Waals surface area (Å²) in [6, 6.07) is 0.125. The van der Waals surface area contributed by atoms with Crippen LogP contribution in [0.1, 0.15) is 6.92 Å². The van der Waals surface area contributed by atoms with E-state index in [4.69, 9.17) is 9.72 Å². The number of hydrogen-bond donors (Lipinski definition) is 1. The summed E-state index contributed by atoms with van der Waals surface area (Å²) in [5.74, 6) is 1.00. The first-order chi connectivity index (χ1) is 15.9. The number of morpholine rings is 1. The molecule has 3 aromatic heterocycles. The highest BCUT2D eigenvalue weighted by molar-refractivity contribution is 5.88. The van der Waals surface area contributed by atoms with Crippen LogP contribution < -0.4 is 15.1 Å².